The molecule has 0 radical (unpaired) electrons. The molecule has 0 unspecified atom stereocenters. The van der Waals surface area contributed by atoms with E-state index in [2.05, 4.69) is 27.9 Å². The van der Waals surface area contributed by atoms with Gasteiger partial charge in [0.2, 0.25) is 0 Å². The first kappa shape index (κ1) is 9.61. The zero-order valence-corrected chi connectivity index (χ0v) is 7.34. The molecule has 9 heavy (non-hydrogen) atoms. The Morgan fingerprint density at radius 2 is 1.89 bits per heavy atom. The molecule has 3 N–H and O–H groups in total. The van der Waals surface area contributed by atoms with Crippen molar-refractivity contribution in [2.24, 2.45) is 0 Å². The zero-order valence-electron chi connectivity index (χ0n) is 5.18. The van der Waals surface area contributed by atoms with Gasteiger partial charge in [0.05, 0.1) is 19.3 Å². The Bertz CT molecular complexity index is 58.9. The Morgan fingerprint density at radius 1 is 1.33 bits per heavy atom. The Kier molecular flexibility index (Phi) is 7.18. The van der Waals surface area contributed by atoms with Crippen molar-refractivity contribution >= 4 is 22.6 Å². The van der Waals surface area contributed by atoms with E-state index in [1.807, 2.05) is 0 Å². The third-order valence-corrected chi connectivity index (χ3v) is 1.51. The summed E-state index contributed by atoms with van der Waals surface area (Å²) in [5, 5.41) is 20.0. The van der Waals surface area contributed by atoms with Gasteiger partial charge in [0, 0.05) is 11.0 Å². The maximum atomic E-state index is 8.53. The molecular weight excluding hydrogens is 233 g/mol. The Hall–Kier alpha value is 0.610. The van der Waals surface area contributed by atoms with Gasteiger partial charge in [-0.25, -0.2) is 0 Å². The lowest BCUT2D eigenvalue weighted by atomic mass is 10.3. The second-order valence-electron chi connectivity index (χ2n) is 1.71. The van der Waals surface area contributed by atoms with Crippen molar-refractivity contribution in [2.45, 2.75) is 6.04 Å². The number of aliphatic hydroxyl groups excluding tert-OH is 2. The molecule has 0 aliphatic heterocycles. The van der Waals surface area contributed by atoms with E-state index in [1.165, 1.54) is 0 Å². The minimum atomic E-state index is -0.139. The minimum absolute atomic E-state index is 0.00708. The second-order valence-corrected chi connectivity index (χ2v) is 2.78. The Morgan fingerprint density at radius 3 is 2.22 bits per heavy atom. The van der Waals surface area contributed by atoms with Gasteiger partial charge in [-0.1, -0.05) is 22.6 Å². The van der Waals surface area contributed by atoms with Crippen LogP contribution in [0.3, 0.4) is 0 Å². The molecule has 0 fully saturated rings. The molecule has 4 heteroatoms. The first-order valence-electron chi connectivity index (χ1n) is 2.86. The summed E-state index contributed by atoms with van der Waals surface area (Å²) in [7, 11) is 0. The highest BCUT2D eigenvalue weighted by Gasteiger charge is 2.01. The molecule has 0 rings (SSSR count). The van der Waals surface area contributed by atoms with Gasteiger partial charge in [0.25, 0.3) is 0 Å². The average Bonchev–Trinajstić information content (AvgIpc) is 1.91. The van der Waals surface area contributed by atoms with Gasteiger partial charge in [-0.05, 0) is 0 Å². The standard InChI is InChI=1S/C5H12INO2/c6-1-2-7-5(3-8)4-9/h5,7-9H,1-4H2. The number of alkyl halides is 1. The van der Waals surface area contributed by atoms with E-state index in [0.29, 0.717) is 0 Å². The molecule has 0 spiro atoms. The molecule has 0 aliphatic carbocycles. The molecule has 0 heterocycles. The third kappa shape index (κ3) is 5.07. The van der Waals surface area contributed by atoms with Crippen LogP contribution in [0.15, 0.2) is 0 Å². The van der Waals surface area contributed by atoms with E-state index in [1.54, 1.807) is 0 Å². The van der Waals surface area contributed by atoms with Crippen molar-refractivity contribution in [2.75, 3.05) is 24.2 Å². The first-order valence-corrected chi connectivity index (χ1v) is 4.38. The minimum Gasteiger partial charge on any atom is -0.395 e. The third-order valence-electron chi connectivity index (χ3n) is 0.968. The summed E-state index contributed by atoms with van der Waals surface area (Å²) in [6.45, 7) is 0.854. The first-order chi connectivity index (χ1) is 4.35. The molecule has 0 atom stereocenters. The van der Waals surface area contributed by atoms with Crippen LogP contribution in [0.25, 0.3) is 0 Å². The zero-order chi connectivity index (χ0) is 7.11. The van der Waals surface area contributed by atoms with Crippen LogP contribution < -0.4 is 5.32 Å². The van der Waals surface area contributed by atoms with Crippen LogP contribution in [0.2, 0.25) is 0 Å². The topological polar surface area (TPSA) is 52.5 Å². The smallest absolute Gasteiger partial charge is 0.0607 e. The van der Waals surface area contributed by atoms with Crippen molar-refractivity contribution in [1.29, 1.82) is 0 Å². The molecular formula is C5H12INO2. The van der Waals surface area contributed by atoms with Gasteiger partial charge in [0.15, 0.2) is 0 Å². The Labute approximate surface area is 68.6 Å². The van der Waals surface area contributed by atoms with Crippen LogP contribution in [0, 0.1) is 0 Å². The predicted octanol–water partition coefficient (Wildman–Crippen LogP) is -0.636. The van der Waals surface area contributed by atoms with E-state index in [9.17, 15) is 0 Å². The second kappa shape index (κ2) is 6.73. The van der Waals surface area contributed by atoms with Crippen molar-refractivity contribution in [3.8, 4) is 0 Å². The van der Waals surface area contributed by atoms with Gasteiger partial charge in [-0.2, -0.15) is 0 Å². The van der Waals surface area contributed by atoms with E-state index < -0.39 is 0 Å². The summed E-state index contributed by atoms with van der Waals surface area (Å²) < 4.78 is 0.994. The molecule has 0 saturated carbocycles. The Balaban J connectivity index is 3.09. The van der Waals surface area contributed by atoms with E-state index in [0.717, 1.165) is 11.0 Å². The van der Waals surface area contributed by atoms with Crippen LogP contribution in [-0.4, -0.2) is 40.4 Å². The number of hydrogen-bond acceptors (Lipinski definition) is 3. The summed E-state index contributed by atoms with van der Waals surface area (Å²) in [6.07, 6.45) is 0. The lowest BCUT2D eigenvalue weighted by Crippen LogP contribution is -2.36. The average molecular weight is 245 g/mol. The van der Waals surface area contributed by atoms with Gasteiger partial charge < -0.3 is 15.5 Å². The highest BCUT2D eigenvalue weighted by atomic mass is 127. The van der Waals surface area contributed by atoms with Crippen LogP contribution in [0.4, 0.5) is 0 Å². The fourth-order valence-electron chi connectivity index (χ4n) is 0.446. The monoisotopic (exact) mass is 245 g/mol. The molecule has 0 aliphatic rings. The fraction of sp³-hybridized carbons (Fsp3) is 1.00. The molecule has 0 amide bonds. The quantitative estimate of drug-likeness (QED) is 0.446. The summed E-state index contributed by atoms with van der Waals surface area (Å²) in [5.41, 5.74) is 0. The molecule has 56 valence electrons. The number of hydrogen-bond donors (Lipinski definition) is 3. The maximum absolute atomic E-state index is 8.53. The number of aliphatic hydroxyl groups is 2. The van der Waals surface area contributed by atoms with Crippen molar-refractivity contribution in [3.63, 3.8) is 0 Å². The normalized spacial score (nSPS) is 10.7. The molecule has 0 aromatic heterocycles. The van der Waals surface area contributed by atoms with Gasteiger partial charge in [0.1, 0.15) is 0 Å². The van der Waals surface area contributed by atoms with E-state index >= 15 is 0 Å². The summed E-state index contributed by atoms with van der Waals surface area (Å²) in [6, 6.07) is -0.139. The summed E-state index contributed by atoms with van der Waals surface area (Å²) in [5.74, 6) is 0. The van der Waals surface area contributed by atoms with E-state index in [4.69, 9.17) is 10.2 Å². The summed E-state index contributed by atoms with van der Waals surface area (Å²) in [4.78, 5) is 0. The number of halogens is 1. The highest BCUT2D eigenvalue weighted by molar-refractivity contribution is 14.1. The molecule has 0 bridgehead atoms. The number of nitrogens with one attached hydrogen (secondary N) is 1. The van der Waals surface area contributed by atoms with Crippen LogP contribution in [0.5, 0.6) is 0 Å². The van der Waals surface area contributed by atoms with Gasteiger partial charge >= 0.3 is 0 Å². The molecule has 0 aromatic carbocycles. The molecule has 0 aromatic rings. The lowest BCUT2D eigenvalue weighted by molar-refractivity contribution is 0.173. The van der Waals surface area contributed by atoms with Crippen molar-refractivity contribution < 1.29 is 10.2 Å². The van der Waals surface area contributed by atoms with Crippen LogP contribution >= 0.6 is 22.6 Å². The SMILES string of the molecule is OCC(CO)NCCI. The van der Waals surface area contributed by atoms with Gasteiger partial charge in [-0.3, -0.25) is 0 Å². The van der Waals surface area contributed by atoms with Crippen molar-refractivity contribution in [1.82, 2.24) is 5.32 Å². The largest absolute Gasteiger partial charge is 0.395 e. The van der Waals surface area contributed by atoms with Gasteiger partial charge in [-0.15, -0.1) is 0 Å². The van der Waals surface area contributed by atoms with E-state index in [-0.39, 0.29) is 19.3 Å². The predicted molar refractivity (Wildman–Crippen MR) is 44.8 cm³/mol. The molecule has 3 nitrogen and oxygen atoms in total. The van der Waals surface area contributed by atoms with Crippen LogP contribution in [-0.2, 0) is 0 Å². The van der Waals surface area contributed by atoms with Crippen LogP contribution in [0.1, 0.15) is 0 Å². The van der Waals surface area contributed by atoms with Crippen molar-refractivity contribution in [3.05, 3.63) is 0 Å². The summed E-state index contributed by atoms with van der Waals surface area (Å²) >= 11 is 2.23. The number of rotatable bonds is 5. The molecule has 0 saturated heterocycles. The maximum Gasteiger partial charge on any atom is 0.0607 e. The fourth-order valence-corrected chi connectivity index (χ4v) is 0.757. The highest BCUT2D eigenvalue weighted by Crippen LogP contribution is 1.81. The lowest BCUT2D eigenvalue weighted by Gasteiger charge is -2.10.